The van der Waals surface area contributed by atoms with Crippen LogP contribution in [0.3, 0.4) is 0 Å². The van der Waals surface area contributed by atoms with E-state index >= 15 is 0 Å². The van der Waals surface area contributed by atoms with Gasteiger partial charge in [0.2, 0.25) is 0 Å². The van der Waals surface area contributed by atoms with Crippen molar-refractivity contribution in [2.24, 2.45) is 0 Å². The summed E-state index contributed by atoms with van der Waals surface area (Å²) in [4.78, 5) is 21.5. The highest BCUT2D eigenvalue weighted by molar-refractivity contribution is 6.09. The molecule has 2 saturated carbocycles. The number of hydrogen-bond acceptors (Lipinski definition) is 4. The van der Waals surface area contributed by atoms with Gasteiger partial charge in [-0.3, -0.25) is 4.79 Å². The molecule has 2 fully saturated rings. The quantitative estimate of drug-likeness (QED) is 0.503. The van der Waals surface area contributed by atoms with Gasteiger partial charge in [-0.15, -0.1) is 0 Å². The number of anilines is 1. The fourth-order valence-electron chi connectivity index (χ4n) is 4.93. The van der Waals surface area contributed by atoms with Gasteiger partial charge >= 0.3 is 0 Å². The van der Waals surface area contributed by atoms with E-state index in [-0.39, 0.29) is 5.91 Å². The summed E-state index contributed by atoms with van der Waals surface area (Å²) < 4.78 is 2.29. The van der Waals surface area contributed by atoms with Crippen molar-refractivity contribution in [2.45, 2.75) is 50.6 Å². The van der Waals surface area contributed by atoms with Gasteiger partial charge in [-0.2, -0.15) is 0 Å². The Morgan fingerprint density at radius 3 is 2.71 bits per heavy atom. The summed E-state index contributed by atoms with van der Waals surface area (Å²) in [5.41, 5.74) is 10.1. The summed E-state index contributed by atoms with van der Waals surface area (Å²) in [6.45, 7) is 0. The lowest BCUT2D eigenvalue weighted by atomic mass is 9.98. The lowest BCUT2D eigenvalue weighted by Crippen LogP contribution is -2.25. The van der Waals surface area contributed by atoms with Gasteiger partial charge in [-0.05, 0) is 54.2 Å². The van der Waals surface area contributed by atoms with Crippen molar-refractivity contribution < 1.29 is 4.79 Å². The third-order valence-electron chi connectivity index (χ3n) is 6.71. The summed E-state index contributed by atoms with van der Waals surface area (Å²) in [7, 11) is 0. The Balaban J connectivity index is 1.48. The van der Waals surface area contributed by atoms with Gasteiger partial charge in [0.05, 0.1) is 5.39 Å². The zero-order valence-electron chi connectivity index (χ0n) is 17.3. The Kier molecular flexibility index (Phi) is 4.19. The predicted octanol–water partition coefficient (Wildman–Crippen LogP) is 4.84. The van der Waals surface area contributed by atoms with Gasteiger partial charge < -0.3 is 15.6 Å². The fourth-order valence-corrected chi connectivity index (χ4v) is 4.93. The van der Waals surface area contributed by atoms with E-state index in [1.165, 1.54) is 25.7 Å². The van der Waals surface area contributed by atoms with Gasteiger partial charge in [0, 0.05) is 29.4 Å². The molecule has 0 unspecified atom stereocenters. The number of rotatable bonds is 4. The third kappa shape index (κ3) is 3.14. The van der Waals surface area contributed by atoms with Crippen LogP contribution in [0.2, 0.25) is 0 Å². The Labute approximate surface area is 180 Å². The second-order valence-corrected chi connectivity index (χ2v) is 8.84. The molecule has 2 aliphatic carbocycles. The number of amides is 1. The van der Waals surface area contributed by atoms with Crippen LogP contribution in [0.15, 0.2) is 48.9 Å². The summed E-state index contributed by atoms with van der Waals surface area (Å²) in [6, 6.07) is 13.0. The fraction of sp³-hybridized carbons (Fsp3) is 0.320. The number of nitrogen functional groups attached to an aromatic ring is 1. The van der Waals surface area contributed by atoms with Gasteiger partial charge in [-0.1, -0.05) is 37.1 Å². The molecule has 2 aromatic carbocycles. The van der Waals surface area contributed by atoms with E-state index in [1.807, 2.05) is 18.2 Å². The van der Waals surface area contributed by atoms with Gasteiger partial charge in [0.15, 0.2) is 0 Å². The number of hydrogen-bond donors (Lipinski definition) is 2. The van der Waals surface area contributed by atoms with Gasteiger partial charge in [0.25, 0.3) is 5.91 Å². The van der Waals surface area contributed by atoms with Crippen LogP contribution in [0.25, 0.3) is 32.9 Å². The summed E-state index contributed by atoms with van der Waals surface area (Å²) >= 11 is 0. The molecule has 0 spiro atoms. The van der Waals surface area contributed by atoms with Crippen LogP contribution >= 0.6 is 0 Å². The third-order valence-corrected chi connectivity index (χ3v) is 6.71. The second-order valence-electron chi connectivity index (χ2n) is 8.84. The highest BCUT2D eigenvalue weighted by Crippen LogP contribution is 2.39. The molecule has 0 aliphatic heterocycles. The number of nitrogens with one attached hydrogen (secondary N) is 1. The van der Waals surface area contributed by atoms with Crippen molar-refractivity contribution in [1.82, 2.24) is 19.9 Å². The van der Waals surface area contributed by atoms with Crippen molar-refractivity contribution in [3.05, 3.63) is 54.5 Å². The molecule has 3 N–H and O–H groups in total. The standard InChI is InChI=1S/C25H25N5O/c26-23-22-21(13-30(18-5-1-2-6-18)24(22)28-14-27-23)16-8-11-19-15(12-16)4-3-7-20(19)25(31)29-17-9-10-17/h3-4,7-8,11-14,17-18H,1-2,5-6,9-10H2,(H,29,31)(H2,26,27,28). The summed E-state index contributed by atoms with van der Waals surface area (Å²) in [5, 5.41) is 6.02. The Morgan fingerprint density at radius 2 is 1.90 bits per heavy atom. The topological polar surface area (TPSA) is 85.8 Å². The van der Waals surface area contributed by atoms with Crippen LogP contribution in [-0.4, -0.2) is 26.5 Å². The van der Waals surface area contributed by atoms with E-state index in [2.05, 4.69) is 44.2 Å². The maximum atomic E-state index is 12.7. The SMILES string of the molecule is Nc1ncnc2c1c(-c1ccc3c(C(=O)NC4CC4)cccc3c1)cn2C1CCCC1. The molecule has 2 aliphatic rings. The molecule has 0 radical (unpaired) electrons. The molecule has 156 valence electrons. The van der Waals surface area contributed by atoms with Crippen molar-refractivity contribution in [1.29, 1.82) is 0 Å². The average Bonchev–Trinajstić information content (AvgIpc) is 3.27. The number of fused-ring (bicyclic) bond motifs is 2. The van der Waals surface area contributed by atoms with Crippen molar-refractivity contribution >= 4 is 33.5 Å². The van der Waals surface area contributed by atoms with Gasteiger partial charge in [-0.25, -0.2) is 9.97 Å². The number of carbonyl (C=O) groups excluding carboxylic acids is 1. The van der Waals surface area contributed by atoms with E-state index in [4.69, 9.17) is 5.73 Å². The second kappa shape index (κ2) is 7.08. The molecular weight excluding hydrogens is 386 g/mol. The van der Waals surface area contributed by atoms with Crippen LogP contribution in [0.1, 0.15) is 54.9 Å². The molecule has 2 aromatic heterocycles. The number of aromatic nitrogens is 3. The lowest BCUT2D eigenvalue weighted by Gasteiger charge is -2.12. The first-order valence-electron chi connectivity index (χ1n) is 11.1. The molecule has 6 rings (SSSR count). The van der Waals surface area contributed by atoms with E-state index in [0.717, 1.165) is 51.3 Å². The number of nitrogens with two attached hydrogens (primary N) is 1. The minimum atomic E-state index is 0.0105. The molecular formula is C25H25N5O. The van der Waals surface area contributed by atoms with E-state index < -0.39 is 0 Å². The first-order valence-corrected chi connectivity index (χ1v) is 11.1. The molecule has 2 heterocycles. The number of carbonyl (C=O) groups is 1. The monoisotopic (exact) mass is 411 g/mol. The van der Waals surface area contributed by atoms with E-state index in [1.54, 1.807) is 6.33 Å². The zero-order chi connectivity index (χ0) is 20.9. The van der Waals surface area contributed by atoms with E-state index in [0.29, 0.717) is 17.9 Å². The lowest BCUT2D eigenvalue weighted by molar-refractivity contribution is 0.0952. The molecule has 6 heteroatoms. The smallest absolute Gasteiger partial charge is 0.252 e. The Bertz CT molecular complexity index is 1310. The first-order chi connectivity index (χ1) is 15.2. The van der Waals surface area contributed by atoms with E-state index in [9.17, 15) is 4.79 Å². The van der Waals surface area contributed by atoms with Crippen molar-refractivity contribution in [2.75, 3.05) is 5.73 Å². The molecule has 0 bridgehead atoms. The molecule has 0 atom stereocenters. The highest BCUT2D eigenvalue weighted by Gasteiger charge is 2.25. The molecule has 6 nitrogen and oxygen atoms in total. The predicted molar refractivity (Wildman–Crippen MR) is 123 cm³/mol. The molecule has 4 aromatic rings. The maximum absolute atomic E-state index is 12.7. The zero-order valence-corrected chi connectivity index (χ0v) is 17.3. The molecule has 31 heavy (non-hydrogen) atoms. The van der Waals surface area contributed by atoms with Crippen molar-refractivity contribution in [3.63, 3.8) is 0 Å². The summed E-state index contributed by atoms with van der Waals surface area (Å²) in [6.07, 6.45) is 10.7. The number of nitrogens with zero attached hydrogens (tertiary/aromatic N) is 3. The Hall–Kier alpha value is -3.41. The van der Waals surface area contributed by atoms with Crippen LogP contribution in [0.4, 0.5) is 5.82 Å². The number of benzene rings is 2. The van der Waals surface area contributed by atoms with Crippen LogP contribution < -0.4 is 11.1 Å². The molecule has 0 saturated heterocycles. The first kappa shape index (κ1) is 18.4. The average molecular weight is 412 g/mol. The van der Waals surface area contributed by atoms with Gasteiger partial charge in [0.1, 0.15) is 17.8 Å². The van der Waals surface area contributed by atoms with Crippen LogP contribution in [-0.2, 0) is 0 Å². The molecule has 1 amide bonds. The Morgan fingerprint density at radius 1 is 1.06 bits per heavy atom. The normalized spacial score (nSPS) is 16.9. The largest absolute Gasteiger partial charge is 0.383 e. The van der Waals surface area contributed by atoms with Crippen molar-refractivity contribution in [3.8, 4) is 11.1 Å². The summed E-state index contributed by atoms with van der Waals surface area (Å²) in [5.74, 6) is 0.519. The maximum Gasteiger partial charge on any atom is 0.252 e. The minimum Gasteiger partial charge on any atom is -0.383 e. The van der Waals surface area contributed by atoms with Crippen LogP contribution in [0, 0.1) is 0 Å². The van der Waals surface area contributed by atoms with Crippen LogP contribution in [0.5, 0.6) is 0 Å². The highest BCUT2D eigenvalue weighted by atomic mass is 16.1. The minimum absolute atomic E-state index is 0.0105.